The quantitative estimate of drug-likeness (QED) is 0.435. The molecule has 172 valence electrons. The first kappa shape index (κ1) is 23.5. The van der Waals surface area contributed by atoms with Crippen molar-refractivity contribution in [2.24, 2.45) is 0 Å². The number of nitrogens with one attached hydrogen (secondary N) is 1. The monoisotopic (exact) mass is 548 g/mol. The van der Waals surface area contributed by atoms with Gasteiger partial charge in [-0.05, 0) is 61.2 Å². The number of fused-ring (bicyclic) bond motifs is 1. The first-order valence-electron chi connectivity index (χ1n) is 10.2. The fourth-order valence-electron chi connectivity index (χ4n) is 3.75. The van der Waals surface area contributed by atoms with Crippen molar-refractivity contribution in [2.75, 3.05) is 23.3 Å². The van der Waals surface area contributed by atoms with Crippen LogP contribution >= 0.6 is 27.3 Å². The minimum Gasteiger partial charge on any atom is -0.465 e. The van der Waals surface area contributed by atoms with Crippen molar-refractivity contribution in [3.05, 3.63) is 75.1 Å². The summed E-state index contributed by atoms with van der Waals surface area (Å²) in [5.41, 5.74) is 1.62. The van der Waals surface area contributed by atoms with E-state index in [4.69, 9.17) is 4.74 Å². The number of carbonyl (C=O) groups is 2. The third-order valence-corrected chi connectivity index (χ3v) is 8.82. The summed E-state index contributed by atoms with van der Waals surface area (Å²) in [6.07, 6.45) is 2.54. The average Bonchev–Trinajstić information content (AvgIpc) is 3.39. The summed E-state index contributed by atoms with van der Waals surface area (Å²) >= 11 is 4.69. The number of ether oxygens (including phenoxy) is 1. The van der Waals surface area contributed by atoms with E-state index in [1.54, 1.807) is 42.5 Å². The number of nitrogens with zero attached hydrogens (tertiary/aromatic N) is 1. The van der Waals surface area contributed by atoms with E-state index >= 15 is 0 Å². The molecule has 1 heterocycles. The van der Waals surface area contributed by atoms with Crippen molar-refractivity contribution < 1.29 is 22.7 Å². The molecule has 0 fully saturated rings. The van der Waals surface area contributed by atoms with Crippen LogP contribution in [0.1, 0.15) is 27.2 Å². The molecule has 2 aromatic carbocycles. The van der Waals surface area contributed by atoms with Gasteiger partial charge in [-0.25, -0.2) is 13.2 Å². The second-order valence-electron chi connectivity index (χ2n) is 7.40. The molecule has 4 rings (SSSR count). The third kappa shape index (κ3) is 4.83. The molecule has 0 saturated carbocycles. The Morgan fingerprint density at radius 1 is 1.09 bits per heavy atom. The van der Waals surface area contributed by atoms with E-state index in [9.17, 15) is 18.0 Å². The second kappa shape index (κ2) is 9.66. The molecule has 0 bridgehead atoms. The van der Waals surface area contributed by atoms with E-state index in [0.717, 1.165) is 38.5 Å². The van der Waals surface area contributed by atoms with Crippen LogP contribution in [0, 0.1) is 0 Å². The number of rotatable bonds is 7. The Morgan fingerprint density at radius 3 is 2.45 bits per heavy atom. The van der Waals surface area contributed by atoms with Crippen LogP contribution in [0.5, 0.6) is 0 Å². The SMILES string of the molecule is COC(=O)c1c(NC(=O)CN(c2ccc(Br)cc2)S(=O)(=O)c2ccccc2)sc2c1CCC2. The number of hydrogen-bond donors (Lipinski definition) is 1. The van der Waals surface area contributed by atoms with Gasteiger partial charge >= 0.3 is 5.97 Å². The highest BCUT2D eigenvalue weighted by Gasteiger charge is 2.30. The van der Waals surface area contributed by atoms with E-state index in [1.807, 2.05) is 0 Å². The molecular formula is C23H21BrN2O5S2. The Kier molecular flexibility index (Phi) is 6.87. The number of amides is 1. The molecule has 0 aliphatic heterocycles. The largest absolute Gasteiger partial charge is 0.465 e. The zero-order valence-electron chi connectivity index (χ0n) is 17.7. The number of carbonyl (C=O) groups excluding carboxylic acids is 2. The van der Waals surface area contributed by atoms with Gasteiger partial charge in [0.15, 0.2) is 0 Å². The summed E-state index contributed by atoms with van der Waals surface area (Å²) in [6.45, 7) is -0.456. The Hall–Kier alpha value is -2.69. The van der Waals surface area contributed by atoms with Crippen LogP contribution in [-0.4, -0.2) is 33.9 Å². The molecule has 1 N–H and O–H groups in total. The number of anilines is 2. The number of benzene rings is 2. The molecule has 1 aromatic heterocycles. The van der Waals surface area contributed by atoms with Crippen LogP contribution in [-0.2, 0) is 32.4 Å². The van der Waals surface area contributed by atoms with Gasteiger partial charge in [0, 0.05) is 9.35 Å². The van der Waals surface area contributed by atoms with Crippen molar-refractivity contribution in [1.82, 2.24) is 0 Å². The zero-order valence-corrected chi connectivity index (χ0v) is 20.9. The number of esters is 1. The highest BCUT2D eigenvalue weighted by atomic mass is 79.9. The number of thiophene rings is 1. The molecular weight excluding hydrogens is 528 g/mol. The predicted octanol–water partition coefficient (Wildman–Crippen LogP) is 4.62. The van der Waals surface area contributed by atoms with Crippen LogP contribution in [0.3, 0.4) is 0 Å². The number of aryl methyl sites for hydroxylation is 1. The van der Waals surface area contributed by atoms with E-state index in [-0.39, 0.29) is 4.90 Å². The maximum Gasteiger partial charge on any atom is 0.341 e. The van der Waals surface area contributed by atoms with E-state index < -0.39 is 28.4 Å². The lowest BCUT2D eigenvalue weighted by molar-refractivity contribution is -0.114. The van der Waals surface area contributed by atoms with Gasteiger partial charge in [-0.1, -0.05) is 34.1 Å². The van der Waals surface area contributed by atoms with E-state index in [2.05, 4.69) is 21.2 Å². The molecule has 3 aromatic rings. The maximum absolute atomic E-state index is 13.4. The average molecular weight is 549 g/mol. The lowest BCUT2D eigenvalue weighted by Gasteiger charge is -2.24. The number of methoxy groups -OCH3 is 1. The molecule has 10 heteroatoms. The standard InChI is InChI=1S/C23H21BrN2O5S2/c1-31-23(28)21-18-8-5-9-19(18)32-22(21)25-20(27)14-26(16-12-10-15(24)11-13-16)33(29,30)17-6-3-2-4-7-17/h2-4,6-7,10-13H,5,8-9,14H2,1H3,(H,25,27). The molecule has 0 atom stereocenters. The first-order valence-corrected chi connectivity index (χ1v) is 13.2. The van der Waals surface area contributed by atoms with Crippen LogP contribution in [0.2, 0.25) is 0 Å². The number of halogens is 1. The fraction of sp³-hybridized carbons (Fsp3) is 0.217. The van der Waals surface area contributed by atoms with Gasteiger partial charge in [-0.2, -0.15) is 0 Å². The summed E-state index contributed by atoms with van der Waals surface area (Å²) in [4.78, 5) is 26.6. The summed E-state index contributed by atoms with van der Waals surface area (Å²) < 4.78 is 33.6. The van der Waals surface area contributed by atoms with Gasteiger partial charge in [-0.15, -0.1) is 11.3 Å². The molecule has 7 nitrogen and oxygen atoms in total. The molecule has 33 heavy (non-hydrogen) atoms. The fourth-order valence-corrected chi connectivity index (χ4v) is 6.75. The molecule has 1 aliphatic carbocycles. The second-order valence-corrected chi connectivity index (χ2v) is 11.3. The van der Waals surface area contributed by atoms with Crippen molar-refractivity contribution in [2.45, 2.75) is 24.2 Å². The topological polar surface area (TPSA) is 92.8 Å². The predicted molar refractivity (Wildman–Crippen MR) is 131 cm³/mol. The van der Waals surface area contributed by atoms with Gasteiger partial charge in [0.1, 0.15) is 11.5 Å². The summed E-state index contributed by atoms with van der Waals surface area (Å²) in [7, 11) is -2.71. The van der Waals surface area contributed by atoms with E-state index in [0.29, 0.717) is 16.3 Å². The van der Waals surface area contributed by atoms with Crippen LogP contribution in [0.25, 0.3) is 0 Å². The lowest BCUT2D eigenvalue weighted by atomic mass is 10.1. The smallest absolute Gasteiger partial charge is 0.341 e. The van der Waals surface area contributed by atoms with Crippen LogP contribution in [0.4, 0.5) is 10.7 Å². The van der Waals surface area contributed by atoms with Gasteiger partial charge in [0.2, 0.25) is 5.91 Å². The summed E-state index contributed by atoms with van der Waals surface area (Å²) in [5, 5.41) is 3.15. The highest BCUT2D eigenvalue weighted by Crippen LogP contribution is 2.39. The van der Waals surface area contributed by atoms with Gasteiger partial charge in [0.25, 0.3) is 10.0 Å². The van der Waals surface area contributed by atoms with Gasteiger partial charge in [-0.3, -0.25) is 9.10 Å². The maximum atomic E-state index is 13.4. The first-order chi connectivity index (χ1) is 15.8. The number of hydrogen-bond acceptors (Lipinski definition) is 6. The Labute approximate surface area is 204 Å². The van der Waals surface area contributed by atoms with Gasteiger partial charge < -0.3 is 10.1 Å². The molecule has 0 spiro atoms. The van der Waals surface area contributed by atoms with Crippen LogP contribution < -0.4 is 9.62 Å². The van der Waals surface area contributed by atoms with Crippen molar-refractivity contribution in [3.63, 3.8) is 0 Å². The lowest BCUT2D eigenvalue weighted by Crippen LogP contribution is -2.38. The van der Waals surface area contributed by atoms with Crippen LogP contribution in [0.15, 0.2) is 64.0 Å². The van der Waals surface area contributed by atoms with Crippen molar-refractivity contribution in [1.29, 1.82) is 0 Å². The molecule has 0 saturated heterocycles. The summed E-state index contributed by atoms with van der Waals surface area (Å²) in [5.74, 6) is -1.06. The zero-order chi connectivity index (χ0) is 23.6. The normalized spacial score (nSPS) is 12.8. The molecule has 0 radical (unpaired) electrons. The minimum atomic E-state index is -4.01. The molecule has 0 unspecified atom stereocenters. The Balaban J connectivity index is 1.66. The Bertz CT molecular complexity index is 1290. The van der Waals surface area contributed by atoms with E-state index in [1.165, 1.54) is 30.6 Å². The number of sulfonamides is 1. The molecule has 1 aliphatic rings. The Morgan fingerprint density at radius 2 is 1.79 bits per heavy atom. The minimum absolute atomic E-state index is 0.0751. The molecule has 1 amide bonds. The summed E-state index contributed by atoms with van der Waals surface area (Å²) in [6, 6.07) is 14.6. The third-order valence-electron chi connectivity index (χ3n) is 5.30. The highest BCUT2D eigenvalue weighted by molar-refractivity contribution is 9.10. The van der Waals surface area contributed by atoms with Gasteiger partial charge in [0.05, 0.1) is 23.3 Å². The van der Waals surface area contributed by atoms with Crippen molar-refractivity contribution >= 4 is 59.9 Å². The van der Waals surface area contributed by atoms with Crippen molar-refractivity contribution in [3.8, 4) is 0 Å².